The summed E-state index contributed by atoms with van der Waals surface area (Å²) in [5, 5.41) is 0. The van der Waals surface area contributed by atoms with E-state index in [0.717, 1.165) is 6.54 Å². The fraction of sp³-hybridized carbons (Fsp3) is 0.704. The first kappa shape index (κ1) is 24.8. The number of benzene rings is 1. The minimum absolute atomic E-state index is 1.03. The van der Waals surface area contributed by atoms with E-state index in [0.29, 0.717) is 0 Å². The van der Waals surface area contributed by atoms with Crippen molar-refractivity contribution in [3.05, 3.63) is 47.7 Å². The molecule has 0 aliphatic heterocycles. The third-order valence-electron chi connectivity index (χ3n) is 5.47. The highest BCUT2D eigenvalue weighted by Crippen LogP contribution is 2.14. The Hall–Kier alpha value is -1.24. The van der Waals surface area contributed by atoms with Crippen LogP contribution < -0.4 is 0 Å². The molecule has 0 unspecified atom stereocenters. The van der Waals surface area contributed by atoms with Gasteiger partial charge in [0.2, 0.25) is 0 Å². The molecule has 0 saturated carbocycles. The largest absolute Gasteiger partial charge is 0.373 e. The molecule has 1 aromatic carbocycles. The van der Waals surface area contributed by atoms with Crippen molar-refractivity contribution >= 4 is 0 Å². The van der Waals surface area contributed by atoms with Gasteiger partial charge in [-0.1, -0.05) is 126 Å². The summed E-state index contributed by atoms with van der Waals surface area (Å²) in [4.78, 5) is 2.49. The molecule has 0 bridgehead atoms. The predicted octanol–water partition coefficient (Wildman–Crippen LogP) is 8.89. The first-order valence-corrected chi connectivity index (χ1v) is 12.2. The molecule has 0 radical (unpaired) electrons. The highest BCUT2D eigenvalue weighted by molar-refractivity contribution is 5.15. The van der Waals surface area contributed by atoms with Gasteiger partial charge in [0.1, 0.15) is 0 Å². The SMILES string of the molecule is CCCCCCCCCCCCCCCCN(C=C(C)C)Cc1ccccc1. The number of allylic oxidation sites excluding steroid dienone is 1. The van der Waals surface area contributed by atoms with E-state index in [2.05, 4.69) is 62.2 Å². The molecule has 0 aliphatic rings. The van der Waals surface area contributed by atoms with Gasteiger partial charge in [0.15, 0.2) is 0 Å². The summed E-state index contributed by atoms with van der Waals surface area (Å²) in [6.07, 6.45) is 22.3. The van der Waals surface area contributed by atoms with E-state index in [1.54, 1.807) is 0 Å². The monoisotopic (exact) mass is 385 g/mol. The lowest BCUT2D eigenvalue weighted by molar-refractivity contribution is 0.352. The molecule has 0 spiro atoms. The van der Waals surface area contributed by atoms with Crippen LogP contribution in [0, 0.1) is 0 Å². The van der Waals surface area contributed by atoms with Crippen molar-refractivity contribution < 1.29 is 0 Å². The average Bonchev–Trinajstić information content (AvgIpc) is 2.68. The maximum atomic E-state index is 2.49. The minimum atomic E-state index is 1.03. The second-order valence-electron chi connectivity index (χ2n) is 8.76. The van der Waals surface area contributed by atoms with E-state index < -0.39 is 0 Å². The van der Waals surface area contributed by atoms with E-state index >= 15 is 0 Å². The van der Waals surface area contributed by atoms with E-state index in [1.165, 1.54) is 108 Å². The molecule has 1 nitrogen and oxygen atoms in total. The normalized spacial score (nSPS) is 10.8. The fourth-order valence-electron chi connectivity index (χ4n) is 3.88. The molecule has 0 atom stereocenters. The van der Waals surface area contributed by atoms with Gasteiger partial charge in [-0.15, -0.1) is 0 Å². The van der Waals surface area contributed by atoms with Crippen LogP contribution in [0.25, 0.3) is 0 Å². The maximum Gasteiger partial charge on any atom is 0.0423 e. The summed E-state index contributed by atoms with van der Waals surface area (Å²) in [7, 11) is 0. The Bertz CT molecular complexity index is 472. The lowest BCUT2D eigenvalue weighted by atomic mass is 10.0. The van der Waals surface area contributed by atoms with Gasteiger partial charge in [0.05, 0.1) is 0 Å². The Morgan fingerprint density at radius 1 is 0.679 bits per heavy atom. The Kier molecular flexibility index (Phi) is 15.8. The van der Waals surface area contributed by atoms with Crippen molar-refractivity contribution in [2.24, 2.45) is 0 Å². The molecule has 0 amide bonds. The predicted molar refractivity (Wildman–Crippen MR) is 127 cm³/mol. The number of unbranched alkanes of at least 4 members (excludes halogenated alkanes) is 13. The summed E-state index contributed by atoms with van der Waals surface area (Å²) in [5.41, 5.74) is 2.80. The molecule has 0 saturated heterocycles. The summed E-state index contributed by atoms with van der Waals surface area (Å²) >= 11 is 0. The standard InChI is InChI=1S/C27H47N/c1-4-5-6-7-8-9-10-11-12-13-14-15-16-20-23-28(24-26(2)3)25-27-21-18-17-19-22-27/h17-19,21-22,24H,4-16,20,23,25H2,1-3H3. The number of rotatable bonds is 18. The van der Waals surface area contributed by atoms with Crippen LogP contribution in [0.4, 0.5) is 0 Å². The van der Waals surface area contributed by atoms with Gasteiger partial charge in [0.25, 0.3) is 0 Å². The maximum absolute atomic E-state index is 2.49. The highest BCUT2D eigenvalue weighted by Gasteiger charge is 2.02. The third kappa shape index (κ3) is 14.8. The third-order valence-corrected chi connectivity index (χ3v) is 5.47. The highest BCUT2D eigenvalue weighted by atomic mass is 15.1. The molecule has 0 aliphatic carbocycles. The first-order chi connectivity index (χ1) is 13.7. The van der Waals surface area contributed by atoms with Crippen LogP contribution in [0.15, 0.2) is 42.1 Å². The second-order valence-corrected chi connectivity index (χ2v) is 8.76. The van der Waals surface area contributed by atoms with Gasteiger partial charge in [0, 0.05) is 13.1 Å². The van der Waals surface area contributed by atoms with E-state index in [1.807, 2.05) is 0 Å². The van der Waals surface area contributed by atoms with Gasteiger partial charge < -0.3 is 4.90 Å². The number of nitrogens with zero attached hydrogens (tertiary/aromatic N) is 1. The molecule has 1 aromatic rings. The van der Waals surface area contributed by atoms with E-state index in [-0.39, 0.29) is 0 Å². The van der Waals surface area contributed by atoms with Crippen LogP contribution in [0.3, 0.4) is 0 Å². The molecule has 0 N–H and O–H groups in total. The zero-order valence-corrected chi connectivity index (χ0v) is 19.2. The number of hydrogen-bond donors (Lipinski definition) is 0. The van der Waals surface area contributed by atoms with Crippen molar-refractivity contribution in [3.63, 3.8) is 0 Å². The molecule has 0 aromatic heterocycles. The van der Waals surface area contributed by atoms with Crippen LogP contribution in [-0.4, -0.2) is 11.4 Å². The molecule has 1 rings (SSSR count). The zero-order valence-electron chi connectivity index (χ0n) is 19.2. The van der Waals surface area contributed by atoms with E-state index in [4.69, 9.17) is 0 Å². The minimum Gasteiger partial charge on any atom is -0.373 e. The van der Waals surface area contributed by atoms with Crippen LogP contribution >= 0.6 is 0 Å². The Morgan fingerprint density at radius 3 is 1.61 bits per heavy atom. The smallest absolute Gasteiger partial charge is 0.0423 e. The fourth-order valence-corrected chi connectivity index (χ4v) is 3.88. The van der Waals surface area contributed by atoms with Gasteiger partial charge in [-0.2, -0.15) is 0 Å². The lowest BCUT2D eigenvalue weighted by Gasteiger charge is -2.21. The second kappa shape index (κ2) is 17.8. The molecular weight excluding hydrogens is 338 g/mol. The summed E-state index contributed by atoms with van der Waals surface area (Å²) in [6, 6.07) is 10.8. The summed E-state index contributed by atoms with van der Waals surface area (Å²) in [5.74, 6) is 0. The van der Waals surface area contributed by atoms with E-state index in [9.17, 15) is 0 Å². The van der Waals surface area contributed by atoms with Crippen molar-refractivity contribution in [3.8, 4) is 0 Å². The summed E-state index contributed by atoms with van der Waals surface area (Å²) in [6.45, 7) is 8.90. The van der Waals surface area contributed by atoms with Crippen LogP contribution in [0.1, 0.15) is 116 Å². The van der Waals surface area contributed by atoms with Crippen molar-refractivity contribution in [2.45, 2.75) is 117 Å². The topological polar surface area (TPSA) is 3.24 Å². The molecule has 28 heavy (non-hydrogen) atoms. The van der Waals surface area contributed by atoms with Gasteiger partial charge in [-0.3, -0.25) is 0 Å². The molecule has 0 fully saturated rings. The Morgan fingerprint density at radius 2 is 1.14 bits per heavy atom. The van der Waals surface area contributed by atoms with Gasteiger partial charge in [-0.25, -0.2) is 0 Å². The first-order valence-electron chi connectivity index (χ1n) is 12.2. The van der Waals surface area contributed by atoms with Crippen LogP contribution in [0.5, 0.6) is 0 Å². The molecular formula is C27H47N. The Balaban J connectivity index is 1.99. The molecule has 1 heteroatoms. The zero-order chi connectivity index (χ0) is 20.3. The molecule has 0 heterocycles. The quantitative estimate of drug-likeness (QED) is 0.228. The van der Waals surface area contributed by atoms with Gasteiger partial charge >= 0.3 is 0 Å². The van der Waals surface area contributed by atoms with Crippen molar-refractivity contribution in [2.75, 3.05) is 6.54 Å². The lowest BCUT2D eigenvalue weighted by Crippen LogP contribution is -2.18. The molecule has 160 valence electrons. The Labute approximate surface area is 176 Å². The van der Waals surface area contributed by atoms with Gasteiger partial charge in [-0.05, 0) is 32.0 Å². The summed E-state index contributed by atoms with van der Waals surface area (Å²) < 4.78 is 0. The average molecular weight is 386 g/mol. The van der Waals surface area contributed by atoms with Crippen LogP contribution in [-0.2, 0) is 6.54 Å². The van der Waals surface area contributed by atoms with Crippen LogP contribution in [0.2, 0.25) is 0 Å². The number of hydrogen-bond acceptors (Lipinski definition) is 1. The van der Waals surface area contributed by atoms with Crippen molar-refractivity contribution in [1.29, 1.82) is 0 Å². The van der Waals surface area contributed by atoms with Crippen molar-refractivity contribution in [1.82, 2.24) is 4.90 Å².